The third kappa shape index (κ3) is 6.69. The summed E-state index contributed by atoms with van der Waals surface area (Å²) in [4.78, 5) is 9.39. The van der Waals surface area contributed by atoms with E-state index in [9.17, 15) is 0 Å². The number of nitrogens with zero attached hydrogens (tertiary/aromatic N) is 3. The smallest absolute Gasteiger partial charge is 0.191 e. The fraction of sp³-hybridized carbons (Fsp3) is 0.933. The molecule has 0 radical (unpaired) electrons. The summed E-state index contributed by atoms with van der Waals surface area (Å²) in [6, 6.07) is 0.634. The number of guanidine groups is 1. The van der Waals surface area contributed by atoms with Crippen molar-refractivity contribution in [2.45, 2.75) is 38.6 Å². The van der Waals surface area contributed by atoms with E-state index >= 15 is 0 Å². The molecule has 6 heteroatoms. The van der Waals surface area contributed by atoms with Crippen molar-refractivity contribution in [3.05, 3.63) is 0 Å². The standard InChI is InChI=1S/C15H31N5.HI/c1-3-19-10-12-20(13-11-19)9-8-17-15(16-2)18-14-6-4-5-7-14;/h14H,3-13H2,1-2H3,(H2,16,17,18);1H. The normalized spacial score (nSPS) is 22.1. The number of hydrogen-bond donors (Lipinski definition) is 2. The highest BCUT2D eigenvalue weighted by atomic mass is 127. The van der Waals surface area contributed by atoms with Crippen molar-refractivity contribution in [2.75, 3.05) is 52.9 Å². The molecular formula is C15H32IN5. The quantitative estimate of drug-likeness (QED) is 0.409. The molecule has 1 heterocycles. The van der Waals surface area contributed by atoms with Gasteiger partial charge in [-0.1, -0.05) is 19.8 Å². The zero-order valence-electron chi connectivity index (χ0n) is 13.6. The Bertz CT molecular complexity index is 296. The number of aliphatic imine (C=N–C) groups is 1. The maximum atomic E-state index is 4.33. The zero-order valence-corrected chi connectivity index (χ0v) is 15.9. The largest absolute Gasteiger partial charge is 0.355 e. The Kier molecular flexibility index (Phi) is 9.59. The van der Waals surface area contributed by atoms with Gasteiger partial charge in [-0.15, -0.1) is 24.0 Å². The summed E-state index contributed by atoms with van der Waals surface area (Å²) in [5.74, 6) is 0.976. The average molecular weight is 409 g/mol. The maximum absolute atomic E-state index is 4.33. The molecule has 0 amide bonds. The Balaban J connectivity index is 0.00000220. The highest BCUT2D eigenvalue weighted by molar-refractivity contribution is 14.0. The first-order valence-corrected chi connectivity index (χ1v) is 8.23. The van der Waals surface area contributed by atoms with Crippen LogP contribution in [0.15, 0.2) is 4.99 Å². The second-order valence-electron chi connectivity index (χ2n) is 5.90. The van der Waals surface area contributed by atoms with E-state index < -0.39 is 0 Å². The summed E-state index contributed by atoms with van der Waals surface area (Å²) in [7, 11) is 1.87. The first-order chi connectivity index (χ1) is 9.81. The number of likely N-dealkylation sites (N-methyl/N-ethyl adjacent to an activating group) is 1. The number of halogens is 1. The van der Waals surface area contributed by atoms with Gasteiger partial charge < -0.3 is 15.5 Å². The highest BCUT2D eigenvalue weighted by Gasteiger charge is 2.17. The summed E-state index contributed by atoms with van der Waals surface area (Å²) in [6.45, 7) is 10.4. The minimum atomic E-state index is 0. The van der Waals surface area contributed by atoms with Crippen LogP contribution in [-0.2, 0) is 0 Å². The van der Waals surface area contributed by atoms with Crippen molar-refractivity contribution in [3.63, 3.8) is 0 Å². The summed E-state index contributed by atoms with van der Waals surface area (Å²) >= 11 is 0. The molecule has 2 aliphatic rings. The predicted molar refractivity (Wildman–Crippen MR) is 101 cm³/mol. The van der Waals surface area contributed by atoms with E-state index in [4.69, 9.17) is 0 Å². The third-order valence-corrected chi connectivity index (χ3v) is 4.55. The maximum Gasteiger partial charge on any atom is 0.191 e. The van der Waals surface area contributed by atoms with E-state index in [2.05, 4.69) is 32.3 Å². The third-order valence-electron chi connectivity index (χ3n) is 4.55. The molecule has 0 aromatic rings. The van der Waals surface area contributed by atoms with Gasteiger partial charge in [-0.2, -0.15) is 0 Å². The van der Waals surface area contributed by atoms with Crippen molar-refractivity contribution in [3.8, 4) is 0 Å². The molecular weight excluding hydrogens is 377 g/mol. The Morgan fingerprint density at radius 2 is 1.71 bits per heavy atom. The van der Waals surface area contributed by atoms with Gasteiger partial charge in [0.1, 0.15) is 0 Å². The molecule has 1 aliphatic carbocycles. The van der Waals surface area contributed by atoms with Crippen LogP contribution in [0.2, 0.25) is 0 Å². The molecule has 5 nitrogen and oxygen atoms in total. The van der Waals surface area contributed by atoms with Gasteiger partial charge in [-0.05, 0) is 19.4 Å². The lowest BCUT2D eigenvalue weighted by molar-refractivity contribution is 0.139. The first kappa shape index (κ1) is 19.0. The van der Waals surface area contributed by atoms with Gasteiger partial charge >= 0.3 is 0 Å². The van der Waals surface area contributed by atoms with Crippen molar-refractivity contribution in [2.24, 2.45) is 4.99 Å². The molecule has 1 aliphatic heterocycles. The lowest BCUT2D eigenvalue weighted by Crippen LogP contribution is -2.49. The zero-order chi connectivity index (χ0) is 14.2. The second-order valence-corrected chi connectivity index (χ2v) is 5.90. The van der Waals surface area contributed by atoms with E-state index in [1.807, 2.05) is 7.05 Å². The highest BCUT2D eigenvalue weighted by Crippen LogP contribution is 2.17. The van der Waals surface area contributed by atoms with Crippen LogP contribution in [0.4, 0.5) is 0 Å². The Morgan fingerprint density at radius 3 is 2.29 bits per heavy atom. The second kappa shape index (κ2) is 10.6. The van der Waals surface area contributed by atoms with Crippen LogP contribution in [0.1, 0.15) is 32.6 Å². The number of piperazine rings is 1. The van der Waals surface area contributed by atoms with E-state index in [0.717, 1.165) is 19.0 Å². The molecule has 2 rings (SSSR count). The van der Waals surface area contributed by atoms with Crippen LogP contribution in [0.25, 0.3) is 0 Å². The lowest BCUT2D eigenvalue weighted by atomic mass is 10.2. The van der Waals surface area contributed by atoms with Gasteiger partial charge in [0.05, 0.1) is 0 Å². The predicted octanol–water partition coefficient (Wildman–Crippen LogP) is 1.35. The van der Waals surface area contributed by atoms with E-state index in [1.165, 1.54) is 58.4 Å². The summed E-state index contributed by atoms with van der Waals surface area (Å²) in [5, 5.41) is 6.98. The lowest BCUT2D eigenvalue weighted by Gasteiger charge is -2.34. The summed E-state index contributed by atoms with van der Waals surface area (Å²) in [6.07, 6.45) is 5.30. The molecule has 0 unspecified atom stereocenters. The van der Waals surface area contributed by atoms with E-state index in [0.29, 0.717) is 6.04 Å². The minimum absolute atomic E-state index is 0. The van der Waals surface area contributed by atoms with Crippen LogP contribution in [-0.4, -0.2) is 74.7 Å². The Morgan fingerprint density at radius 1 is 1.10 bits per heavy atom. The molecule has 0 aromatic carbocycles. The number of rotatable bonds is 5. The van der Waals surface area contributed by atoms with Crippen molar-refractivity contribution in [1.29, 1.82) is 0 Å². The first-order valence-electron chi connectivity index (χ1n) is 8.23. The van der Waals surface area contributed by atoms with Crippen molar-refractivity contribution in [1.82, 2.24) is 20.4 Å². The average Bonchev–Trinajstić information content (AvgIpc) is 3.00. The summed E-state index contributed by atoms with van der Waals surface area (Å²) in [5.41, 5.74) is 0. The van der Waals surface area contributed by atoms with Gasteiger partial charge in [-0.25, -0.2) is 0 Å². The molecule has 2 fully saturated rings. The van der Waals surface area contributed by atoms with E-state index in [-0.39, 0.29) is 24.0 Å². The van der Waals surface area contributed by atoms with Gasteiger partial charge in [0, 0.05) is 52.4 Å². The van der Waals surface area contributed by atoms with Crippen molar-refractivity contribution >= 4 is 29.9 Å². The van der Waals surface area contributed by atoms with Crippen LogP contribution < -0.4 is 10.6 Å². The minimum Gasteiger partial charge on any atom is -0.355 e. The molecule has 0 atom stereocenters. The van der Waals surface area contributed by atoms with Crippen LogP contribution >= 0.6 is 24.0 Å². The molecule has 0 spiro atoms. The van der Waals surface area contributed by atoms with Crippen LogP contribution in [0.5, 0.6) is 0 Å². The van der Waals surface area contributed by atoms with Crippen molar-refractivity contribution < 1.29 is 0 Å². The molecule has 0 bridgehead atoms. The molecule has 0 aromatic heterocycles. The molecule has 1 saturated heterocycles. The number of nitrogens with one attached hydrogen (secondary N) is 2. The fourth-order valence-corrected chi connectivity index (χ4v) is 3.12. The van der Waals surface area contributed by atoms with Crippen LogP contribution in [0.3, 0.4) is 0 Å². The Labute approximate surface area is 146 Å². The monoisotopic (exact) mass is 409 g/mol. The van der Waals surface area contributed by atoms with Gasteiger partial charge in [-0.3, -0.25) is 9.89 Å². The molecule has 2 N–H and O–H groups in total. The topological polar surface area (TPSA) is 42.9 Å². The SMILES string of the molecule is CCN1CCN(CCNC(=NC)NC2CCCC2)CC1.I. The fourth-order valence-electron chi connectivity index (χ4n) is 3.12. The van der Waals surface area contributed by atoms with Gasteiger partial charge in [0.15, 0.2) is 5.96 Å². The van der Waals surface area contributed by atoms with Gasteiger partial charge in [0.25, 0.3) is 0 Å². The van der Waals surface area contributed by atoms with E-state index in [1.54, 1.807) is 0 Å². The molecule has 1 saturated carbocycles. The van der Waals surface area contributed by atoms with Crippen LogP contribution in [0, 0.1) is 0 Å². The summed E-state index contributed by atoms with van der Waals surface area (Å²) < 4.78 is 0. The molecule has 21 heavy (non-hydrogen) atoms. The van der Waals surface area contributed by atoms with Gasteiger partial charge in [0.2, 0.25) is 0 Å². The number of hydrogen-bond acceptors (Lipinski definition) is 3. The molecule has 124 valence electrons. The Hall–Kier alpha value is -0.0800.